The number of phenolic OH excluding ortho intramolecular Hbond substituents is 1. The lowest BCUT2D eigenvalue weighted by atomic mass is 10.1. The van der Waals surface area contributed by atoms with Gasteiger partial charge in [0, 0.05) is 5.56 Å². The molecule has 0 spiro atoms. The lowest BCUT2D eigenvalue weighted by Crippen LogP contribution is -2.20. The minimum atomic E-state index is -3.80. The molecule has 2 N–H and O–H groups in total. The van der Waals surface area contributed by atoms with Gasteiger partial charge in [-0.3, -0.25) is 0 Å². The Morgan fingerprint density at radius 3 is 2.38 bits per heavy atom. The molecule has 7 heteroatoms. The van der Waals surface area contributed by atoms with Gasteiger partial charge in [0.1, 0.15) is 0 Å². The number of rotatable bonds is 5. The molecule has 128 valence electrons. The number of para-hydroxylation sites is 1. The number of aryl methyl sites for hydroxylation is 3. The molecule has 0 aliphatic rings. The average Bonchev–Trinajstić information content (AvgIpc) is 2.47. The molecule has 0 amide bonds. The summed E-state index contributed by atoms with van der Waals surface area (Å²) >= 11 is 0. The lowest BCUT2D eigenvalue weighted by Gasteiger charge is -2.11. The van der Waals surface area contributed by atoms with Crippen LogP contribution in [0.2, 0.25) is 0 Å². The standard InChI is InChI=1S/C17H20N2O4S/c1-11-8-12(2)17(13(3)9-11)24(21,22)19-18-10-14-6-5-7-15(23-4)16(14)20/h5-10,19-20H,1-4H3/b18-10+. The van der Waals surface area contributed by atoms with E-state index in [1.54, 1.807) is 44.2 Å². The molecule has 2 aromatic rings. The maximum absolute atomic E-state index is 12.5. The van der Waals surface area contributed by atoms with Gasteiger partial charge in [-0.25, -0.2) is 4.83 Å². The molecule has 2 aromatic carbocycles. The first-order valence-corrected chi connectivity index (χ1v) is 8.73. The van der Waals surface area contributed by atoms with Crippen LogP contribution in [-0.2, 0) is 10.0 Å². The topological polar surface area (TPSA) is 88.0 Å². The van der Waals surface area contributed by atoms with E-state index in [0.29, 0.717) is 16.7 Å². The Bertz CT molecular complexity index is 866. The van der Waals surface area contributed by atoms with Crippen molar-refractivity contribution in [2.75, 3.05) is 7.11 Å². The Hall–Kier alpha value is -2.54. The second kappa shape index (κ2) is 6.92. The summed E-state index contributed by atoms with van der Waals surface area (Å²) in [4.78, 5) is 2.39. The number of nitrogens with zero attached hydrogens (tertiary/aromatic N) is 1. The quantitative estimate of drug-likeness (QED) is 0.642. The number of sulfonamides is 1. The van der Waals surface area contributed by atoms with Crippen molar-refractivity contribution in [2.45, 2.75) is 25.7 Å². The molecule has 0 heterocycles. The Labute approximate surface area is 141 Å². The van der Waals surface area contributed by atoms with Crippen LogP contribution in [0.5, 0.6) is 11.5 Å². The van der Waals surface area contributed by atoms with Crippen molar-refractivity contribution in [1.82, 2.24) is 4.83 Å². The molecule has 0 saturated heterocycles. The van der Waals surface area contributed by atoms with Crippen LogP contribution in [0, 0.1) is 20.8 Å². The number of benzene rings is 2. The van der Waals surface area contributed by atoms with Crippen LogP contribution in [-0.4, -0.2) is 26.8 Å². The van der Waals surface area contributed by atoms with Gasteiger partial charge in [-0.05, 0) is 44.0 Å². The smallest absolute Gasteiger partial charge is 0.277 e. The van der Waals surface area contributed by atoms with Crippen molar-refractivity contribution in [3.05, 3.63) is 52.6 Å². The van der Waals surface area contributed by atoms with E-state index in [9.17, 15) is 13.5 Å². The van der Waals surface area contributed by atoms with Crippen LogP contribution >= 0.6 is 0 Å². The summed E-state index contributed by atoms with van der Waals surface area (Å²) in [6, 6.07) is 8.47. The molecule has 0 aliphatic carbocycles. The van der Waals surface area contributed by atoms with Gasteiger partial charge in [-0.1, -0.05) is 23.8 Å². The van der Waals surface area contributed by atoms with Crippen molar-refractivity contribution in [2.24, 2.45) is 5.10 Å². The Balaban J connectivity index is 2.29. The fraction of sp³-hybridized carbons (Fsp3) is 0.235. The number of nitrogens with one attached hydrogen (secondary N) is 1. The van der Waals surface area contributed by atoms with Gasteiger partial charge in [0.15, 0.2) is 11.5 Å². The third-order valence-electron chi connectivity index (χ3n) is 3.50. The Morgan fingerprint density at radius 2 is 1.79 bits per heavy atom. The van der Waals surface area contributed by atoms with Crippen LogP contribution in [0.25, 0.3) is 0 Å². The minimum absolute atomic E-state index is 0.106. The van der Waals surface area contributed by atoms with Gasteiger partial charge >= 0.3 is 0 Å². The predicted octanol–water partition coefficient (Wildman–Crippen LogP) is 2.64. The number of hydrogen-bond donors (Lipinski definition) is 2. The van der Waals surface area contributed by atoms with E-state index in [1.165, 1.54) is 13.3 Å². The number of phenols is 1. The third kappa shape index (κ3) is 3.68. The first kappa shape index (κ1) is 17.8. The van der Waals surface area contributed by atoms with Crippen molar-refractivity contribution in [3.63, 3.8) is 0 Å². The number of aromatic hydroxyl groups is 1. The first-order chi connectivity index (χ1) is 11.3. The molecule has 6 nitrogen and oxygen atoms in total. The molecule has 0 unspecified atom stereocenters. The molecule has 0 atom stereocenters. The van der Waals surface area contributed by atoms with E-state index in [4.69, 9.17) is 4.74 Å². The van der Waals surface area contributed by atoms with Gasteiger partial charge < -0.3 is 9.84 Å². The van der Waals surface area contributed by atoms with E-state index in [2.05, 4.69) is 9.93 Å². The number of hydrogen-bond acceptors (Lipinski definition) is 5. The summed E-state index contributed by atoms with van der Waals surface area (Å²) in [6.07, 6.45) is 1.23. The Kier molecular flexibility index (Phi) is 5.14. The number of methoxy groups -OCH3 is 1. The maximum Gasteiger partial charge on any atom is 0.277 e. The van der Waals surface area contributed by atoms with Gasteiger partial charge in [0.2, 0.25) is 0 Å². The number of hydrazone groups is 1. The van der Waals surface area contributed by atoms with Gasteiger partial charge in [0.25, 0.3) is 10.0 Å². The Morgan fingerprint density at radius 1 is 1.17 bits per heavy atom. The van der Waals surface area contributed by atoms with E-state index in [0.717, 1.165) is 5.56 Å². The van der Waals surface area contributed by atoms with E-state index < -0.39 is 10.0 Å². The molecule has 24 heavy (non-hydrogen) atoms. The molecule has 0 aliphatic heterocycles. The lowest BCUT2D eigenvalue weighted by molar-refractivity contribution is 0.373. The molecule has 0 radical (unpaired) electrons. The zero-order valence-electron chi connectivity index (χ0n) is 14.0. The van der Waals surface area contributed by atoms with Crippen molar-refractivity contribution < 1.29 is 18.3 Å². The monoisotopic (exact) mass is 348 g/mol. The number of ether oxygens (including phenoxy) is 1. The average molecular weight is 348 g/mol. The van der Waals surface area contributed by atoms with Crippen molar-refractivity contribution >= 4 is 16.2 Å². The summed E-state index contributed by atoms with van der Waals surface area (Å²) < 4.78 is 29.9. The maximum atomic E-state index is 12.5. The van der Waals surface area contributed by atoms with Crippen LogP contribution < -0.4 is 9.57 Å². The summed E-state index contributed by atoms with van der Waals surface area (Å²) in [5, 5.41) is 13.7. The normalized spacial score (nSPS) is 11.7. The second-order valence-electron chi connectivity index (χ2n) is 5.48. The second-order valence-corrected chi connectivity index (χ2v) is 7.08. The predicted molar refractivity (Wildman–Crippen MR) is 93.2 cm³/mol. The highest BCUT2D eigenvalue weighted by Crippen LogP contribution is 2.28. The molecule has 0 saturated carbocycles. The van der Waals surface area contributed by atoms with E-state index in [-0.39, 0.29) is 16.4 Å². The molecule has 0 bridgehead atoms. The SMILES string of the molecule is COc1cccc(/C=N/NS(=O)(=O)c2c(C)cc(C)cc2C)c1O. The summed E-state index contributed by atoms with van der Waals surface area (Å²) in [7, 11) is -2.37. The fourth-order valence-electron chi connectivity index (χ4n) is 2.61. The van der Waals surface area contributed by atoms with Crippen LogP contribution in [0.15, 0.2) is 40.3 Å². The third-order valence-corrected chi connectivity index (χ3v) is 5.03. The summed E-state index contributed by atoms with van der Waals surface area (Å²) in [6.45, 7) is 5.39. The van der Waals surface area contributed by atoms with Crippen LogP contribution in [0.4, 0.5) is 0 Å². The highest BCUT2D eigenvalue weighted by molar-refractivity contribution is 7.89. The minimum Gasteiger partial charge on any atom is -0.504 e. The fourth-order valence-corrected chi connectivity index (χ4v) is 3.86. The van der Waals surface area contributed by atoms with Crippen LogP contribution in [0.1, 0.15) is 22.3 Å². The zero-order valence-corrected chi connectivity index (χ0v) is 14.8. The largest absolute Gasteiger partial charge is 0.504 e. The van der Waals surface area contributed by atoms with Crippen molar-refractivity contribution in [3.8, 4) is 11.5 Å². The van der Waals surface area contributed by atoms with Gasteiger partial charge in [-0.2, -0.15) is 13.5 Å². The zero-order chi connectivity index (χ0) is 17.9. The van der Waals surface area contributed by atoms with E-state index >= 15 is 0 Å². The van der Waals surface area contributed by atoms with E-state index in [1.807, 2.05) is 6.92 Å². The molecule has 0 fully saturated rings. The summed E-state index contributed by atoms with van der Waals surface area (Å²) in [5.41, 5.74) is 2.64. The molecule has 2 rings (SSSR count). The first-order valence-electron chi connectivity index (χ1n) is 7.25. The molecule has 0 aromatic heterocycles. The van der Waals surface area contributed by atoms with Crippen LogP contribution in [0.3, 0.4) is 0 Å². The van der Waals surface area contributed by atoms with Gasteiger partial charge in [-0.15, -0.1) is 0 Å². The van der Waals surface area contributed by atoms with Gasteiger partial charge in [0.05, 0.1) is 18.2 Å². The highest BCUT2D eigenvalue weighted by Gasteiger charge is 2.19. The van der Waals surface area contributed by atoms with Crippen molar-refractivity contribution in [1.29, 1.82) is 0 Å². The highest BCUT2D eigenvalue weighted by atomic mass is 32.2. The summed E-state index contributed by atoms with van der Waals surface area (Å²) in [5.74, 6) is 0.178. The molecular weight excluding hydrogens is 328 g/mol. The molecular formula is C17H20N2O4S.